The third-order valence-corrected chi connectivity index (χ3v) is 3.90. The molecule has 3 rings (SSSR count). The predicted octanol–water partition coefficient (Wildman–Crippen LogP) is 3.75. The van der Waals surface area contributed by atoms with Crippen molar-refractivity contribution in [2.24, 2.45) is 0 Å². The Morgan fingerprint density at radius 2 is 1.95 bits per heavy atom. The van der Waals surface area contributed by atoms with E-state index in [1.807, 2.05) is 18.2 Å². The third kappa shape index (κ3) is 2.82. The summed E-state index contributed by atoms with van der Waals surface area (Å²) in [6.07, 6.45) is 0. The summed E-state index contributed by atoms with van der Waals surface area (Å²) in [4.78, 5) is 2.36. The summed E-state index contributed by atoms with van der Waals surface area (Å²) < 4.78 is 6.08. The van der Waals surface area contributed by atoms with Crippen LogP contribution in [0.1, 0.15) is 25.0 Å². The molecular weight excluding hydrogens is 260 g/mol. The minimum absolute atomic E-state index is 0.203. The van der Waals surface area contributed by atoms with E-state index in [1.54, 1.807) is 0 Å². The van der Waals surface area contributed by atoms with Crippen LogP contribution >= 0.6 is 0 Å². The van der Waals surface area contributed by atoms with Gasteiger partial charge in [0.25, 0.3) is 0 Å². The van der Waals surface area contributed by atoms with Crippen LogP contribution in [0.2, 0.25) is 0 Å². The maximum atomic E-state index is 6.08. The van der Waals surface area contributed by atoms with Gasteiger partial charge in [0, 0.05) is 12.2 Å². The predicted molar refractivity (Wildman–Crippen MR) is 87.8 cm³/mol. The Kier molecular flexibility index (Phi) is 3.28. The van der Waals surface area contributed by atoms with Crippen LogP contribution in [0.15, 0.2) is 42.5 Å². The van der Waals surface area contributed by atoms with Crippen LogP contribution in [0, 0.1) is 6.92 Å². The van der Waals surface area contributed by atoms with Gasteiger partial charge in [0.1, 0.15) is 11.4 Å². The molecule has 1 heterocycles. The fourth-order valence-corrected chi connectivity index (χ4v) is 2.88. The van der Waals surface area contributed by atoms with Crippen molar-refractivity contribution in [3.05, 3.63) is 53.6 Å². The Morgan fingerprint density at radius 1 is 1.19 bits per heavy atom. The van der Waals surface area contributed by atoms with Gasteiger partial charge in [-0.25, -0.2) is 0 Å². The summed E-state index contributed by atoms with van der Waals surface area (Å²) in [5.74, 6) is 0.911. The van der Waals surface area contributed by atoms with Crippen molar-refractivity contribution < 1.29 is 4.74 Å². The number of hydrogen-bond donors (Lipinski definition) is 1. The number of nitrogens with two attached hydrogens (primary N) is 1. The van der Waals surface area contributed by atoms with E-state index in [4.69, 9.17) is 10.5 Å². The van der Waals surface area contributed by atoms with Gasteiger partial charge in [-0.2, -0.15) is 0 Å². The largest absolute Gasteiger partial charge is 0.484 e. The molecule has 0 bridgehead atoms. The Labute approximate surface area is 126 Å². The molecule has 0 radical (unpaired) electrons. The summed E-state index contributed by atoms with van der Waals surface area (Å²) in [7, 11) is 0. The Balaban J connectivity index is 1.98. The van der Waals surface area contributed by atoms with Gasteiger partial charge >= 0.3 is 0 Å². The van der Waals surface area contributed by atoms with E-state index in [-0.39, 0.29) is 5.60 Å². The number of ether oxygens (including phenoxy) is 1. The normalized spacial score (nSPS) is 16.2. The SMILES string of the molecule is Cc1ccccc1CN1CC(C)(C)Oc2ccc(N)cc21. The van der Waals surface area contributed by atoms with Crippen LogP contribution in [0.3, 0.4) is 0 Å². The average molecular weight is 282 g/mol. The Hall–Kier alpha value is -2.16. The Morgan fingerprint density at radius 3 is 2.71 bits per heavy atom. The quantitative estimate of drug-likeness (QED) is 0.852. The summed E-state index contributed by atoms with van der Waals surface area (Å²) in [6, 6.07) is 14.4. The summed E-state index contributed by atoms with van der Waals surface area (Å²) in [5, 5.41) is 0. The van der Waals surface area contributed by atoms with E-state index in [9.17, 15) is 0 Å². The molecule has 0 fully saturated rings. The summed E-state index contributed by atoms with van der Waals surface area (Å²) in [6.45, 7) is 8.11. The van der Waals surface area contributed by atoms with Crippen molar-refractivity contribution >= 4 is 11.4 Å². The Bertz CT molecular complexity index is 664. The summed E-state index contributed by atoms with van der Waals surface area (Å²) >= 11 is 0. The summed E-state index contributed by atoms with van der Waals surface area (Å²) in [5.41, 5.74) is 10.3. The second-order valence-corrected chi connectivity index (χ2v) is 6.37. The number of rotatable bonds is 2. The van der Waals surface area contributed by atoms with E-state index in [2.05, 4.69) is 49.9 Å². The molecule has 0 saturated carbocycles. The van der Waals surface area contributed by atoms with Gasteiger partial charge in [0.05, 0.1) is 12.2 Å². The van der Waals surface area contributed by atoms with Gasteiger partial charge in [-0.15, -0.1) is 0 Å². The van der Waals surface area contributed by atoms with Gasteiger partial charge in [0.2, 0.25) is 0 Å². The highest BCUT2D eigenvalue weighted by Gasteiger charge is 2.31. The van der Waals surface area contributed by atoms with E-state index in [1.165, 1.54) is 11.1 Å². The van der Waals surface area contributed by atoms with Crippen molar-refractivity contribution in [1.29, 1.82) is 0 Å². The zero-order valence-electron chi connectivity index (χ0n) is 12.9. The van der Waals surface area contributed by atoms with E-state index < -0.39 is 0 Å². The zero-order valence-corrected chi connectivity index (χ0v) is 12.9. The van der Waals surface area contributed by atoms with Crippen LogP contribution in [0.5, 0.6) is 5.75 Å². The number of anilines is 2. The molecule has 2 aromatic carbocycles. The zero-order chi connectivity index (χ0) is 15.0. The average Bonchev–Trinajstić information content (AvgIpc) is 2.41. The van der Waals surface area contributed by atoms with E-state index >= 15 is 0 Å². The first-order valence-electron chi connectivity index (χ1n) is 7.33. The lowest BCUT2D eigenvalue weighted by Gasteiger charge is -2.41. The number of aryl methyl sites for hydroxylation is 1. The molecule has 1 aliphatic rings. The van der Waals surface area contributed by atoms with Gasteiger partial charge in [-0.05, 0) is 50.1 Å². The second kappa shape index (κ2) is 4.99. The third-order valence-electron chi connectivity index (χ3n) is 3.90. The smallest absolute Gasteiger partial charge is 0.143 e. The van der Waals surface area contributed by atoms with Crippen molar-refractivity contribution in [2.75, 3.05) is 17.2 Å². The van der Waals surface area contributed by atoms with Crippen molar-refractivity contribution in [1.82, 2.24) is 0 Å². The van der Waals surface area contributed by atoms with Crippen molar-refractivity contribution in [3.8, 4) is 5.75 Å². The van der Waals surface area contributed by atoms with Gasteiger partial charge in [0.15, 0.2) is 0 Å². The molecule has 0 unspecified atom stereocenters. The minimum atomic E-state index is -0.203. The molecule has 0 aliphatic carbocycles. The molecule has 2 aromatic rings. The van der Waals surface area contributed by atoms with Gasteiger partial charge < -0.3 is 15.4 Å². The first kappa shape index (κ1) is 13.8. The van der Waals surface area contributed by atoms with E-state index in [0.29, 0.717) is 0 Å². The molecule has 0 atom stereocenters. The highest BCUT2D eigenvalue weighted by Crippen LogP contribution is 2.39. The first-order chi connectivity index (χ1) is 9.94. The minimum Gasteiger partial charge on any atom is -0.484 e. The standard InChI is InChI=1S/C18H22N2O/c1-13-6-4-5-7-14(13)11-20-12-18(2,3)21-17-9-8-15(19)10-16(17)20/h4-10H,11-12,19H2,1-3H3. The van der Waals surface area contributed by atoms with E-state index in [0.717, 1.165) is 30.2 Å². The lowest BCUT2D eigenvalue weighted by molar-refractivity contribution is 0.104. The second-order valence-electron chi connectivity index (χ2n) is 6.37. The first-order valence-corrected chi connectivity index (χ1v) is 7.33. The highest BCUT2D eigenvalue weighted by molar-refractivity contribution is 5.66. The monoisotopic (exact) mass is 282 g/mol. The van der Waals surface area contributed by atoms with Crippen LogP contribution < -0.4 is 15.4 Å². The maximum absolute atomic E-state index is 6.08. The van der Waals surface area contributed by atoms with Gasteiger partial charge in [-0.3, -0.25) is 0 Å². The molecule has 0 amide bonds. The van der Waals surface area contributed by atoms with Crippen LogP contribution in [-0.2, 0) is 6.54 Å². The molecule has 3 heteroatoms. The molecule has 0 aromatic heterocycles. The van der Waals surface area contributed by atoms with Crippen molar-refractivity contribution in [3.63, 3.8) is 0 Å². The molecule has 2 N–H and O–H groups in total. The molecule has 110 valence electrons. The number of benzene rings is 2. The lowest BCUT2D eigenvalue weighted by atomic mass is 10.0. The molecule has 21 heavy (non-hydrogen) atoms. The molecule has 0 saturated heterocycles. The molecular formula is C18H22N2O. The van der Waals surface area contributed by atoms with Crippen LogP contribution in [0.25, 0.3) is 0 Å². The van der Waals surface area contributed by atoms with Gasteiger partial charge in [-0.1, -0.05) is 24.3 Å². The molecule has 0 spiro atoms. The lowest BCUT2D eigenvalue weighted by Crippen LogP contribution is -2.46. The van der Waals surface area contributed by atoms with Crippen LogP contribution in [0.4, 0.5) is 11.4 Å². The molecule has 1 aliphatic heterocycles. The fraction of sp³-hybridized carbons (Fsp3) is 0.333. The molecule has 3 nitrogen and oxygen atoms in total. The number of nitrogen functional groups attached to an aromatic ring is 1. The number of nitrogens with zero attached hydrogens (tertiary/aromatic N) is 1. The number of fused-ring (bicyclic) bond motifs is 1. The fourth-order valence-electron chi connectivity index (χ4n) is 2.88. The van der Waals surface area contributed by atoms with Crippen molar-refractivity contribution in [2.45, 2.75) is 32.9 Å². The van der Waals surface area contributed by atoms with Crippen LogP contribution in [-0.4, -0.2) is 12.1 Å². The topological polar surface area (TPSA) is 38.5 Å². The maximum Gasteiger partial charge on any atom is 0.143 e. The number of hydrogen-bond acceptors (Lipinski definition) is 3. The highest BCUT2D eigenvalue weighted by atomic mass is 16.5.